The Bertz CT molecular complexity index is 1440. The molecule has 4 rings (SSSR count). The van der Waals surface area contributed by atoms with E-state index in [1.807, 2.05) is 23.6 Å². The maximum Gasteiger partial charge on any atom is 0.266 e. The molecule has 0 bridgehead atoms. The molecule has 1 atom stereocenters. The minimum atomic E-state index is -3.87. The lowest BCUT2D eigenvalue weighted by Gasteiger charge is -2.31. The van der Waals surface area contributed by atoms with E-state index in [-0.39, 0.29) is 16.7 Å². The van der Waals surface area contributed by atoms with Crippen LogP contribution in [-0.4, -0.2) is 54.9 Å². The molecular weight excluding hydrogens is 544 g/mol. The highest BCUT2D eigenvalue weighted by atomic mass is 35.5. The molecule has 1 aliphatic rings. The van der Waals surface area contributed by atoms with Crippen molar-refractivity contribution in [2.75, 3.05) is 25.1 Å². The van der Waals surface area contributed by atoms with Gasteiger partial charge in [-0.25, -0.2) is 8.42 Å². The number of thiazole rings is 1. The lowest BCUT2D eigenvalue weighted by atomic mass is 10.0. The van der Waals surface area contributed by atoms with Gasteiger partial charge < -0.3 is 14.6 Å². The SMILES string of the molecule is CCOCCn1c(=NC(=O)C2CCCCN2S(=O)(=O)c2ccc(Cl)s2)sc2cc(NC(C)=O)ccc21. The second kappa shape index (κ2) is 11.5. The summed E-state index contributed by atoms with van der Waals surface area (Å²) in [7, 11) is -3.87. The maximum atomic E-state index is 13.4. The Morgan fingerprint density at radius 2 is 2.03 bits per heavy atom. The molecule has 0 radical (unpaired) electrons. The third kappa shape index (κ3) is 5.90. The number of hydrogen-bond donors (Lipinski definition) is 1. The van der Waals surface area contributed by atoms with Crippen molar-refractivity contribution in [1.29, 1.82) is 0 Å². The lowest BCUT2D eigenvalue weighted by Crippen LogP contribution is -2.47. The Balaban J connectivity index is 1.72. The monoisotopic (exact) mass is 570 g/mol. The molecule has 9 nitrogen and oxygen atoms in total. The van der Waals surface area contributed by atoms with Gasteiger partial charge in [-0.05, 0) is 50.1 Å². The van der Waals surface area contributed by atoms with Crippen LogP contribution in [0.2, 0.25) is 4.34 Å². The number of amides is 2. The molecule has 1 N–H and O–H groups in total. The first kappa shape index (κ1) is 27.0. The lowest BCUT2D eigenvalue weighted by molar-refractivity contribution is -0.122. The molecule has 1 aliphatic heterocycles. The standard InChI is InChI=1S/C23H27ClN4O5S3/c1-3-33-13-12-27-17-8-7-16(25-15(2)29)14-19(17)34-23(27)26-22(30)18-6-4-5-11-28(18)36(31,32)21-10-9-20(24)35-21/h7-10,14,18H,3-6,11-13H2,1-2H3,(H,25,29). The summed E-state index contributed by atoms with van der Waals surface area (Å²) >= 11 is 8.26. The first-order chi connectivity index (χ1) is 17.2. The van der Waals surface area contributed by atoms with Crippen LogP contribution in [0.1, 0.15) is 33.1 Å². The quantitative estimate of drug-likeness (QED) is 0.410. The highest BCUT2D eigenvalue weighted by Crippen LogP contribution is 2.32. The summed E-state index contributed by atoms with van der Waals surface area (Å²) in [5.41, 5.74) is 1.49. The number of halogens is 1. The van der Waals surface area contributed by atoms with Gasteiger partial charge in [0.05, 0.1) is 21.2 Å². The molecule has 0 saturated carbocycles. The van der Waals surface area contributed by atoms with Crippen molar-refractivity contribution in [3.8, 4) is 0 Å². The Kier molecular flexibility index (Phi) is 8.63. The van der Waals surface area contributed by atoms with Crippen molar-refractivity contribution in [2.24, 2.45) is 4.99 Å². The van der Waals surface area contributed by atoms with Gasteiger partial charge in [-0.2, -0.15) is 9.30 Å². The fourth-order valence-electron chi connectivity index (χ4n) is 4.12. The van der Waals surface area contributed by atoms with Crippen molar-refractivity contribution in [3.05, 3.63) is 39.5 Å². The van der Waals surface area contributed by atoms with Crippen LogP contribution < -0.4 is 10.1 Å². The Labute approximate surface area is 222 Å². The van der Waals surface area contributed by atoms with E-state index in [1.165, 1.54) is 34.7 Å². The predicted molar refractivity (Wildman–Crippen MR) is 142 cm³/mol. The number of piperidine rings is 1. The zero-order valence-electron chi connectivity index (χ0n) is 19.9. The van der Waals surface area contributed by atoms with E-state index in [0.717, 1.165) is 28.0 Å². The Hall–Kier alpha value is -2.09. The van der Waals surface area contributed by atoms with Gasteiger partial charge in [-0.15, -0.1) is 11.3 Å². The number of carbonyl (C=O) groups is 2. The minimum absolute atomic E-state index is 0.117. The summed E-state index contributed by atoms with van der Waals surface area (Å²) < 4.78 is 36.6. The van der Waals surface area contributed by atoms with Crippen molar-refractivity contribution in [2.45, 2.75) is 49.9 Å². The number of nitrogens with one attached hydrogen (secondary N) is 1. The fourth-order valence-corrected chi connectivity index (χ4v) is 8.48. The number of anilines is 1. The first-order valence-electron chi connectivity index (χ1n) is 11.5. The molecule has 2 aromatic heterocycles. The second-order valence-corrected chi connectivity index (χ2v) is 13.1. The predicted octanol–water partition coefficient (Wildman–Crippen LogP) is 4.08. The largest absolute Gasteiger partial charge is 0.380 e. The van der Waals surface area contributed by atoms with Gasteiger partial charge in [0.2, 0.25) is 5.91 Å². The molecule has 194 valence electrons. The zero-order valence-corrected chi connectivity index (χ0v) is 23.1. The number of nitrogens with zero attached hydrogens (tertiary/aromatic N) is 3. The van der Waals surface area contributed by atoms with Crippen molar-refractivity contribution >= 4 is 72.0 Å². The number of fused-ring (bicyclic) bond motifs is 1. The summed E-state index contributed by atoms with van der Waals surface area (Å²) in [5.74, 6) is -0.680. The van der Waals surface area contributed by atoms with Crippen molar-refractivity contribution in [3.63, 3.8) is 0 Å². The minimum Gasteiger partial charge on any atom is -0.380 e. The molecule has 1 saturated heterocycles. The van der Waals surface area contributed by atoms with Crippen molar-refractivity contribution < 1.29 is 22.7 Å². The average molecular weight is 571 g/mol. The van der Waals surface area contributed by atoms with Crippen LogP contribution in [0.5, 0.6) is 0 Å². The van der Waals surface area contributed by atoms with E-state index in [2.05, 4.69) is 10.3 Å². The third-order valence-electron chi connectivity index (χ3n) is 5.72. The third-order valence-corrected chi connectivity index (χ3v) is 10.4. The summed E-state index contributed by atoms with van der Waals surface area (Å²) in [6.07, 6.45) is 1.81. The van der Waals surface area contributed by atoms with Gasteiger partial charge in [-0.3, -0.25) is 9.59 Å². The van der Waals surface area contributed by atoms with Crippen LogP contribution in [0.25, 0.3) is 10.2 Å². The molecule has 1 unspecified atom stereocenters. The van der Waals surface area contributed by atoms with Gasteiger partial charge >= 0.3 is 0 Å². The first-order valence-corrected chi connectivity index (χ1v) is 15.0. The number of aromatic nitrogens is 1. The van der Waals surface area contributed by atoms with E-state index in [9.17, 15) is 18.0 Å². The highest BCUT2D eigenvalue weighted by molar-refractivity contribution is 7.91. The normalized spacial score (nSPS) is 17.5. The fraction of sp³-hybridized carbons (Fsp3) is 0.435. The molecule has 1 aromatic carbocycles. The van der Waals surface area contributed by atoms with E-state index in [0.29, 0.717) is 47.4 Å². The van der Waals surface area contributed by atoms with Crippen molar-refractivity contribution in [1.82, 2.24) is 8.87 Å². The van der Waals surface area contributed by atoms with E-state index in [1.54, 1.807) is 6.07 Å². The van der Waals surface area contributed by atoms with E-state index < -0.39 is 22.0 Å². The summed E-state index contributed by atoms with van der Waals surface area (Å²) in [6, 6.07) is 7.62. The summed E-state index contributed by atoms with van der Waals surface area (Å²) in [6.45, 7) is 5.06. The summed E-state index contributed by atoms with van der Waals surface area (Å²) in [4.78, 5) is 29.8. The smallest absolute Gasteiger partial charge is 0.266 e. The number of thiophene rings is 1. The number of sulfonamides is 1. The van der Waals surface area contributed by atoms with Crippen LogP contribution in [0, 0.1) is 0 Å². The van der Waals surface area contributed by atoms with Gasteiger partial charge in [0.15, 0.2) is 4.80 Å². The van der Waals surface area contributed by atoms with Gasteiger partial charge in [0, 0.05) is 32.3 Å². The molecule has 0 spiro atoms. The molecule has 3 heterocycles. The van der Waals surface area contributed by atoms with Gasteiger partial charge in [-0.1, -0.05) is 29.4 Å². The number of ether oxygens (including phenoxy) is 1. The zero-order chi connectivity index (χ0) is 25.9. The molecule has 13 heteroatoms. The topological polar surface area (TPSA) is 110 Å². The Morgan fingerprint density at radius 1 is 1.22 bits per heavy atom. The second-order valence-electron chi connectivity index (χ2n) is 8.23. The molecule has 2 amide bonds. The number of carbonyl (C=O) groups excluding carboxylic acids is 2. The van der Waals surface area contributed by atoms with Crippen LogP contribution in [-0.2, 0) is 30.9 Å². The molecular formula is C23H27ClN4O5S3. The average Bonchev–Trinajstić information content (AvgIpc) is 3.42. The molecule has 3 aromatic rings. The van der Waals surface area contributed by atoms with Crippen LogP contribution in [0.15, 0.2) is 39.5 Å². The van der Waals surface area contributed by atoms with Crippen LogP contribution in [0.3, 0.4) is 0 Å². The summed E-state index contributed by atoms with van der Waals surface area (Å²) in [5, 5.41) is 2.76. The van der Waals surface area contributed by atoms with Crippen LogP contribution in [0.4, 0.5) is 5.69 Å². The number of hydrogen-bond acceptors (Lipinski definition) is 7. The maximum absolute atomic E-state index is 13.4. The molecule has 1 fully saturated rings. The van der Waals surface area contributed by atoms with Crippen LogP contribution >= 0.6 is 34.3 Å². The number of benzene rings is 1. The van der Waals surface area contributed by atoms with Gasteiger partial charge in [0.25, 0.3) is 15.9 Å². The van der Waals surface area contributed by atoms with E-state index in [4.69, 9.17) is 16.3 Å². The van der Waals surface area contributed by atoms with Gasteiger partial charge in [0.1, 0.15) is 10.3 Å². The Morgan fingerprint density at radius 3 is 2.72 bits per heavy atom. The van der Waals surface area contributed by atoms with E-state index >= 15 is 0 Å². The number of rotatable bonds is 8. The molecule has 36 heavy (non-hydrogen) atoms. The molecule has 0 aliphatic carbocycles. The highest BCUT2D eigenvalue weighted by Gasteiger charge is 2.38.